The number of rotatable bonds is 43. The van der Waals surface area contributed by atoms with Crippen LogP contribution in [-0.2, 0) is 33.2 Å². The van der Waals surface area contributed by atoms with Crippen molar-refractivity contribution in [1.29, 1.82) is 0 Å². The number of carbonyl (C=O) groups excluding carboxylic acids is 1. The van der Waals surface area contributed by atoms with E-state index in [-0.39, 0.29) is 25.6 Å². The Morgan fingerprint density at radius 1 is 0.493 bits per heavy atom. The molecular weight excluding hydrogens is 861 g/mol. The average Bonchev–Trinajstić information content (AvgIpc) is 3.32. The summed E-state index contributed by atoms with van der Waals surface area (Å²) in [6, 6.07) is 0. The molecule has 11 atom stereocenters. The quantitative estimate of drug-likeness (QED) is 0.0174. The van der Waals surface area contributed by atoms with Crippen molar-refractivity contribution in [2.45, 2.75) is 274 Å². The second-order valence-corrected chi connectivity index (χ2v) is 19.1. The van der Waals surface area contributed by atoms with Crippen LogP contribution in [0, 0.1) is 0 Å². The Morgan fingerprint density at radius 2 is 0.925 bits per heavy atom. The van der Waals surface area contributed by atoms with Gasteiger partial charge in [0, 0.05) is 13.0 Å². The molecule has 0 aromatic carbocycles. The minimum absolute atomic E-state index is 0.0646. The Balaban J connectivity index is 1.65. The monoisotopic (exact) mass is 959 g/mol. The van der Waals surface area contributed by atoms with Crippen LogP contribution in [0.1, 0.15) is 206 Å². The molecule has 14 nitrogen and oxygen atoms in total. The lowest BCUT2D eigenvalue weighted by molar-refractivity contribution is -0.332. The van der Waals surface area contributed by atoms with E-state index >= 15 is 0 Å². The zero-order valence-corrected chi connectivity index (χ0v) is 41.9. The van der Waals surface area contributed by atoms with E-state index in [1.54, 1.807) is 0 Å². The summed E-state index contributed by atoms with van der Waals surface area (Å²) in [6.45, 7) is 3.67. The van der Waals surface area contributed by atoms with Gasteiger partial charge in [0.15, 0.2) is 12.6 Å². The van der Waals surface area contributed by atoms with Crippen molar-refractivity contribution >= 4 is 5.97 Å². The molecule has 2 fully saturated rings. The number of carbonyl (C=O) groups is 1. The van der Waals surface area contributed by atoms with Gasteiger partial charge in [0.2, 0.25) is 0 Å². The molecule has 394 valence electrons. The summed E-state index contributed by atoms with van der Waals surface area (Å²) in [6.07, 6.45) is 28.4. The lowest BCUT2D eigenvalue weighted by Crippen LogP contribution is -2.61. The molecule has 0 radical (unpaired) electrons. The predicted molar refractivity (Wildman–Crippen MR) is 261 cm³/mol. The molecule has 0 saturated carbocycles. The van der Waals surface area contributed by atoms with E-state index in [9.17, 15) is 40.5 Å². The van der Waals surface area contributed by atoms with E-state index < -0.39 is 80.7 Å². The van der Waals surface area contributed by atoms with E-state index in [2.05, 4.69) is 38.2 Å². The zero-order valence-electron chi connectivity index (χ0n) is 41.9. The highest BCUT2D eigenvalue weighted by Gasteiger charge is 2.47. The molecule has 2 aliphatic heterocycles. The van der Waals surface area contributed by atoms with Crippen molar-refractivity contribution in [2.24, 2.45) is 0 Å². The SMILES string of the molecule is CCCCCCC/C=C\C/C=C\CCCCCCCCCCCCCCCC(=O)OC(COCCCCCCCCCC)COC1OC(COC2OC(CO)C(O)C(O)C2O)C(O)C(O)C1O. The van der Waals surface area contributed by atoms with Gasteiger partial charge in [-0.05, 0) is 44.9 Å². The molecule has 0 aromatic rings. The van der Waals surface area contributed by atoms with Crippen molar-refractivity contribution < 1.29 is 69.0 Å². The lowest BCUT2D eigenvalue weighted by atomic mass is 9.98. The molecule has 11 unspecified atom stereocenters. The number of aliphatic hydroxyl groups excluding tert-OH is 7. The Kier molecular flexibility index (Phi) is 37.8. The number of aliphatic hydroxyl groups is 7. The summed E-state index contributed by atoms with van der Waals surface area (Å²) in [4.78, 5) is 13.0. The first-order valence-corrected chi connectivity index (χ1v) is 26.9. The first kappa shape index (κ1) is 61.6. The molecule has 0 amide bonds. The number of unbranched alkanes of at least 4 members (excludes halogenated alkanes) is 25. The zero-order chi connectivity index (χ0) is 48.7. The number of ether oxygens (including phenoxy) is 6. The number of esters is 1. The molecule has 0 aliphatic carbocycles. The highest BCUT2D eigenvalue weighted by Crippen LogP contribution is 2.26. The van der Waals surface area contributed by atoms with Crippen molar-refractivity contribution in [1.82, 2.24) is 0 Å². The van der Waals surface area contributed by atoms with Gasteiger partial charge in [-0.25, -0.2) is 0 Å². The van der Waals surface area contributed by atoms with Crippen molar-refractivity contribution in [3.05, 3.63) is 24.3 Å². The highest BCUT2D eigenvalue weighted by molar-refractivity contribution is 5.69. The highest BCUT2D eigenvalue weighted by atomic mass is 16.7. The fraction of sp³-hybridized carbons (Fsp3) is 0.906. The number of hydrogen-bond donors (Lipinski definition) is 7. The van der Waals surface area contributed by atoms with Crippen LogP contribution in [0.15, 0.2) is 24.3 Å². The third-order valence-corrected chi connectivity index (χ3v) is 13.0. The number of hydrogen-bond acceptors (Lipinski definition) is 14. The molecule has 2 heterocycles. The minimum Gasteiger partial charge on any atom is -0.457 e. The summed E-state index contributed by atoms with van der Waals surface area (Å²) < 4.78 is 34.2. The number of allylic oxidation sites excluding steroid dienone is 4. The summed E-state index contributed by atoms with van der Waals surface area (Å²) in [5.74, 6) is -0.376. The largest absolute Gasteiger partial charge is 0.457 e. The van der Waals surface area contributed by atoms with Gasteiger partial charge in [0.25, 0.3) is 0 Å². The first-order chi connectivity index (χ1) is 32.6. The summed E-state index contributed by atoms with van der Waals surface area (Å²) in [5.41, 5.74) is 0. The third-order valence-electron chi connectivity index (χ3n) is 13.0. The van der Waals surface area contributed by atoms with Crippen LogP contribution in [0.25, 0.3) is 0 Å². The van der Waals surface area contributed by atoms with Gasteiger partial charge in [-0.1, -0.05) is 179 Å². The fourth-order valence-electron chi connectivity index (χ4n) is 8.55. The van der Waals surface area contributed by atoms with Crippen molar-refractivity contribution in [3.8, 4) is 0 Å². The summed E-state index contributed by atoms with van der Waals surface area (Å²) in [5, 5.41) is 72.0. The van der Waals surface area contributed by atoms with E-state index in [0.717, 1.165) is 44.9 Å². The van der Waals surface area contributed by atoms with Crippen LogP contribution >= 0.6 is 0 Å². The maximum Gasteiger partial charge on any atom is 0.306 e. The topological polar surface area (TPSA) is 214 Å². The smallest absolute Gasteiger partial charge is 0.306 e. The molecule has 0 bridgehead atoms. The molecular formula is C53H98O14. The fourth-order valence-corrected chi connectivity index (χ4v) is 8.55. The van der Waals surface area contributed by atoms with Gasteiger partial charge in [-0.15, -0.1) is 0 Å². The molecule has 2 rings (SSSR count). The first-order valence-electron chi connectivity index (χ1n) is 26.9. The second kappa shape index (κ2) is 41.1. The molecule has 0 spiro atoms. The Hall–Kier alpha value is -1.53. The van der Waals surface area contributed by atoms with Gasteiger partial charge in [-0.2, -0.15) is 0 Å². The van der Waals surface area contributed by atoms with Gasteiger partial charge >= 0.3 is 5.97 Å². The van der Waals surface area contributed by atoms with E-state index in [0.29, 0.717) is 13.0 Å². The van der Waals surface area contributed by atoms with Crippen LogP contribution in [-0.4, -0.2) is 142 Å². The van der Waals surface area contributed by atoms with Crippen LogP contribution in [0.5, 0.6) is 0 Å². The van der Waals surface area contributed by atoms with Crippen molar-refractivity contribution in [3.63, 3.8) is 0 Å². The molecule has 7 N–H and O–H groups in total. The van der Waals surface area contributed by atoms with Crippen LogP contribution in [0.4, 0.5) is 0 Å². The second-order valence-electron chi connectivity index (χ2n) is 19.1. The van der Waals surface area contributed by atoms with Gasteiger partial charge in [-0.3, -0.25) is 4.79 Å². The van der Waals surface area contributed by atoms with Gasteiger partial charge in [0.05, 0.1) is 26.4 Å². The maximum atomic E-state index is 13.0. The Labute approximate surface area is 405 Å². The molecule has 2 aliphatic rings. The van der Waals surface area contributed by atoms with Crippen LogP contribution in [0.2, 0.25) is 0 Å². The third kappa shape index (κ3) is 28.8. The predicted octanol–water partition coefficient (Wildman–Crippen LogP) is 8.41. The molecule has 2 saturated heterocycles. The summed E-state index contributed by atoms with van der Waals surface area (Å²) >= 11 is 0. The van der Waals surface area contributed by atoms with Crippen LogP contribution in [0.3, 0.4) is 0 Å². The molecule has 14 heteroatoms. The minimum atomic E-state index is -1.70. The Bertz CT molecular complexity index is 1200. The van der Waals surface area contributed by atoms with Crippen LogP contribution < -0.4 is 0 Å². The Morgan fingerprint density at radius 3 is 1.43 bits per heavy atom. The standard InChI is InChI=1S/C53H98O14/c1-3-5-7-9-11-13-14-15-16-17-18-19-20-21-22-23-24-25-26-27-28-29-30-32-34-36-45(55)65-42(39-62-37-35-33-31-12-10-8-6-4-2)40-63-52-51(61)49(59)47(57)44(67-52)41-64-53-50(60)48(58)46(56)43(38-54)66-53/h14-15,17-18,42-44,46-54,56-61H,3-13,16,19-41H2,1-2H3/b15-14-,18-17-. The summed E-state index contributed by atoms with van der Waals surface area (Å²) in [7, 11) is 0. The van der Waals surface area contributed by atoms with Crippen molar-refractivity contribution in [2.75, 3.05) is 33.0 Å². The van der Waals surface area contributed by atoms with E-state index in [4.69, 9.17) is 28.4 Å². The molecule has 67 heavy (non-hydrogen) atoms. The van der Waals surface area contributed by atoms with E-state index in [1.165, 1.54) is 135 Å². The lowest BCUT2D eigenvalue weighted by Gasteiger charge is -2.42. The average molecular weight is 959 g/mol. The van der Waals surface area contributed by atoms with E-state index in [1.807, 2.05) is 0 Å². The maximum absolute atomic E-state index is 13.0. The van der Waals surface area contributed by atoms with Gasteiger partial charge < -0.3 is 64.2 Å². The van der Waals surface area contributed by atoms with Gasteiger partial charge in [0.1, 0.15) is 54.9 Å². The molecule has 0 aromatic heterocycles. The normalized spacial score (nSPS) is 26.2.